The number of hydrogen-bond acceptors (Lipinski definition) is 4. The fourth-order valence-electron chi connectivity index (χ4n) is 2.44. The molecular weight excluding hydrogens is 340 g/mol. The van der Waals surface area contributed by atoms with Crippen LogP contribution in [0.3, 0.4) is 0 Å². The van der Waals surface area contributed by atoms with Gasteiger partial charge >= 0.3 is 0 Å². The zero-order chi connectivity index (χ0) is 18.9. The molecule has 0 unspecified atom stereocenters. The number of aryl methyl sites for hydroxylation is 1. The molecule has 1 aromatic rings. The maximum absolute atomic E-state index is 12.2. The van der Waals surface area contributed by atoms with Gasteiger partial charge in [-0.25, -0.2) is 12.7 Å². The molecule has 0 saturated heterocycles. The first-order valence-electron chi connectivity index (χ1n) is 8.43. The van der Waals surface area contributed by atoms with Gasteiger partial charge in [0.1, 0.15) is 5.75 Å². The third-order valence-electron chi connectivity index (χ3n) is 3.86. The van der Waals surface area contributed by atoms with E-state index in [1.54, 1.807) is 14.2 Å². The fourth-order valence-corrected chi connectivity index (χ4v) is 3.85. The van der Waals surface area contributed by atoms with Crippen molar-refractivity contribution in [2.45, 2.75) is 27.3 Å². The first-order valence-corrected chi connectivity index (χ1v) is 10.0. The lowest BCUT2D eigenvalue weighted by Gasteiger charge is -2.19. The van der Waals surface area contributed by atoms with Crippen molar-refractivity contribution in [1.29, 1.82) is 0 Å². The van der Waals surface area contributed by atoms with Gasteiger partial charge in [0.25, 0.3) is 0 Å². The van der Waals surface area contributed by atoms with Crippen LogP contribution in [0.1, 0.15) is 25.0 Å². The SMILES string of the molecule is CCN(CC)S(=O)(=O)CCNC(=NC)NCc1ccc(C)cc1OC. The number of aliphatic imine (C=N–C) groups is 1. The Morgan fingerprint density at radius 3 is 2.48 bits per heavy atom. The maximum Gasteiger partial charge on any atom is 0.215 e. The van der Waals surface area contributed by atoms with Gasteiger partial charge in [0.2, 0.25) is 10.0 Å². The van der Waals surface area contributed by atoms with Crippen molar-refractivity contribution in [1.82, 2.24) is 14.9 Å². The predicted molar refractivity (Wildman–Crippen MR) is 103 cm³/mol. The first-order chi connectivity index (χ1) is 11.9. The minimum absolute atomic E-state index is 0.0310. The lowest BCUT2D eigenvalue weighted by atomic mass is 10.1. The molecule has 2 N–H and O–H groups in total. The van der Waals surface area contributed by atoms with Crippen LogP contribution in [0.2, 0.25) is 0 Å². The molecule has 1 aromatic carbocycles. The Morgan fingerprint density at radius 2 is 1.92 bits per heavy atom. The normalized spacial score (nSPS) is 12.3. The zero-order valence-electron chi connectivity index (χ0n) is 15.8. The molecule has 142 valence electrons. The molecule has 0 atom stereocenters. The van der Waals surface area contributed by atoms with Gasteiger partial charge in [0, 0.05) is 38.8 Å². The first kappa shape index (κ1) is 21.2. The van der Waals surface area contributed by atoms with Crippen molar-refractivity contribution in [2.24, 2.45) is 4.99 Å². The van der Waals surface area contributed by atoms with Crippen LogP contribution in [-0.4, -0.2) is 58.2 Å². The van der Waals surface area contributed by atoms with Gasteiger partial charge in [-0.3, -0.25) is 4.99 Å². The number of methoxy groups -OCH3 is 1. The lowest BCUT2D eigenvalue weighted by molar-refractivity contribution is 0.408. The average molecular weight is 371 g/mol. The molecule has 0 amide bonds. The Balaban J connectivity index is 2.56. The highest BCUT2D eigenvalue weighted by molar-refractivity contribution is 7.89. The Labute approximate surface area is 151 Å². The molecule has 0 radical (unpaired) electrons. The number of nitrogens with zero attached hydrogens (tertiary/aromatic N) is 2. The van der Waals surface area contributed by atoms with Crippen LogP contribution in [0.4, 0.5) is 0 Å². The average Bonchev–Trinajstić information content (AvgIpc) is 2.59. The van der Waals surface area contributed by atoms with Crippen LogP contribution in [0.15, 0.2) is 23.2 Å². The lowest BCUT2D eigenvalue weighted by Crippen LogP contribution is -2.41. The molecule has 0 bridgehead atoms. The summed E-state index contributed by atoms with van der Waals surface area (Å²) in [5.41, 5.74) is 2.14. The van der Waals surface area contributed by atoms with Crippen LogP contribution in [0.5, 0.6) is 5.75 Å². The minimum atomic E-state index is -3.24. The van der Waals surface area contributed by atoms with Gasteiger partial charge in [0.05, 0.1) is 12.9 Å². The zero-order valence-corrected chi connectivity index (χ0v) is 16.6. The summed E-state index contributed by atoms with van der Waals surface area (Å²) < 4.78 is 31.2. The topological polar surface area (TPSA) is 83.0 Å². The van der Waals surface area contributed by atoms with E-state index in [0.717, 1.165) is 16.9 Å². The summed E-state index contributed by atoms with van der Waals surface area (Å²) >= 11 is 0. The summed E-state index contributed by atoms with van der Waals surface area (Å²) in [4.78, 5) is 4.13. The number of rotatable bonds is 9. The number of benzene rings is 1. The number of guanidine groups is 1. The van der Waals surface area contributed by atoms with Crippen LogP contribution in [-0.2, 0) is 16.6 Å². The van der Waals surface area contributed by atoms with E-state index >= 15 is 0 Å². The van der Waals surface area contributed by atoms with Crippen molar-refractivity contribution in [2.75, 3.05) is 39.5 Å². The molecule has 0 aromatic heterocycles. The smallest absolute Gasteiger partial charge is 0.215 e. The van der Waals surface area contributed by atoms with Gasteiger partial charge in [-0.15, -0.1) is 0 Å². The van der Waals surface area contributed by atoms with Crippen LogP contribution in [0, 0.1) is 6.92 Å². The van der Waals surface area contributed by atoms with Gasteiger partial charge < -0.3 is 15.4 Å². The van der Waals surface area contributed by atoms with E-state index in [2.05, 4.69) is 15.6 Å². The number of sulfonamides is 1. The third kappa shape index (κ3) is 6.55. The third-order valence-corrected chi connectivity index (χ3v) is 5.89. The Morgan fingerprint density at radius 1 is 1.24 bits per heavy atom. The fraction of sp³-hybridized carbons (Fsp3) is 0.588. The molecule has 0 aliphatic heterocycles. The van der Waals surface area contributed by atoms with E-state index < -0.39 is 10.0 Å². The molecular formula is C17H30N4O3S. The van der Waals surface area contributed by atoms with Gasteiger partial charge in [0.15, 0.2) is 5.96 Å². The Hall–Kier alpha value is -1.80. The van der Waals surface area contributed by atoms with Gasteiger partial charge in [-0.05, 0) is 18.6 Å². The van der Waals surface area contributed by atoms with Crippen LogP contribution >= 0.6 is 0 Å². The molecule has 0 saturated carbocycles. The van der Waals surface area contributed by atoms with Crippen molar-refractivity contribution >= 4 is 16.0 Å². The van der Waals surface area contributed by atoms with Crippen molar-refractivity contribution in [3.05, 3.63) is 29.3 Å². The van der Waals surface area contributed by atoms with Gasteiger partial charge in [-0.2, -0.15) is 0 Å². The van der Waals surface area contributed by atoms with E-state index in [-0.39, 0.29) is 5.75 Å². The Bertz CT molecular complexity index is 670. The predicted octanol–water partition coefficient (Wildman–Crippen LogP) is 1.34. The van der Waals surface area contributed by atoms with E-state index in [4.69, 9.17) is 4.74 Å². The van der Waals surface area contributed by atoms with E-state index in [9.17, 15) is 8.42 Å². The second-order valence-electron chi connectivity index (χ2n) is 5.57. The maximum atomic E-state index is 12.2. The van der Waals surface area contributed by atoms with E-state index in [0.29, 0.717) is 32.1 Å². The van der Waals surface area contributed by atoms with Gasteiger partial charge in [-0.1, -0.05) is 26.0 Å². The molecule has 0 heterocycles. The minimum Gasteiger partial charge on any atom is -0.496 e. The molecule has 1 rings (SSSR count). The van der Waals surface area contributed by atoms with Crippen LogP contribution < -0.4 is 15.4 Å². The number of nitrogens with one attached hydrogen (secondary N) is 2. The summed E-state index contributed by atoms with van der Waals surface area (Å²) in [7, 11) is 0.0548. The quantitative estimate of drug-likeness (QED) is 0.506. The highest BCUT2D eigenvalue weighted by atomic mass is 32.2. The molecule has 25 heavy (non-hydrogen) atoms. The highest BCUT2D eigenvalue weighted by Crippen LogP contribution is 2.19. The summed E-state index contributed by atoms with van der Waals surface area (Å²) in [5.74, 6) is 1.40. The van der Waals surface area contributed by atoms with E-state index in [1.807, 2.05) is 39.0 Å². The van der Waals surface area contributed by atoms with Crippen molar-refractivity contribution < 1.29 is 13.2 Å². The molecule has 0 aliphatic carbocycles. The molecule has 7 nitrogen and oxygen atoms in total. The molecule has 0 aliphatic rings. The second kappa shape index (κ2) is 10.2. The molecule has 8 heteroatoms. The summed E-state index contributed by atoms with van der Waals surface area (Å²) in [6.45, 7) is 7.48. The van der Waals surface area contributed by atoms with E-state index in [1.165, 1.54) is 4.31 Å². The van der Waals surface area contributed by atoms with Crippen molar-refractivity contribution in [3.63, 3.8) is 0 Å². The standard InChI is InChI=1S/C17H30N4O3S/c1-6-21(7-2)25(22,23)11-10-19-17(18-4)20-13-15-9-8-14(3)12-16(15)24-5/h8-9,12H,6-7,10-11,13H2,1-5H3,(H2,18,19,20). The molecule has 0 fully saturated rings. The number of ether oxygens (including phenoxy) is 1. The second-order valence-corrected chi connectivity index (χ2v) is 7.66. The van der Waals surface area contributed by atoms with Crippen molar-refractivity contribution in [3.8, 4) is 5.75 Å². The highest BCUT2D eigenvalue weighted by Gasteiger charge is 2.18. The largest absolute Gasteiger partial charge is 0.496 e. The summed E-state index contributed by atoms with van der Waals surface area (Å²) in [5, 5.41) is 6.21. The summed E-state index contributed by atoms with van der Waals surface area (Å²) in [6.07, 6.45) is 0. The molecule has 0 spiro atoms. The summed E-state index contributed by atoms with van der Waals surface area (Å²) in [6, 6.07) is 6.00. The Kier molecular flexibility index (Phi) is 8.71. The number of hydrogen-bond donors (Lipinski definition) is 2. The monoisotopic (exact) mass is 370 g/mol. The van der Waals surface area contributed by atoms with Crippen LogP contribution in [0.25, 0.3) is 0 Å².